The minimum absolute atomic E-state index is 0.0381. The van der Waals surface area contributed by atoms with Crippen LogP contribution in [0.3, 0.4) is 0 Å². The summed E-state index contributed by atoms with van der Waals surface area (Å²) < 4.78 is 5.16. The number of likely N-dealkylation sites (tertiary alicyclic amines) is 1. The third-order valence-corrected chi connectivity index (χ3v) is 4.80. The summed E-state index contributed by atoms with van der Waals surface area (Å²) in [5, 5.41) is 6.81. The van der Waals surface area contributed by atoms with Crippen LogP contribution in [-0.2, 0) is 11.2 Å². The van der Waals surface area contributed by atoms with E-state index in [1.165, 1.54) is 0 Å². The molecule has 1 aliphatic heterocycles. The SMILES string of the molecule is CCc1noc(C)c1C(=O)N1CCC(C(=O)Nc2ccc(C)cn2)CC1. The van der Waals surface area contributed by atoms with E-state index < -0.39 is 0 Å². The lowest BCUT2D eigenvalue weighted by Crippen LogP contribution is -2.41. The van der Waals surface area contributed by atoms with E-state index in [-0.39, 0.29) is 17.7 Å². The minimum atomic E-state index is -0.114. The van der Waals surface area contributed by atoms with Gasteiger partial charge >= 0.3 is 0 Å². The number of anilines is 1. The van der Waals surface area contributed by atoms with Crippen LogP contribution in [0.15, 0.2) is 22.9 Å². The second-order valence-corrected chi connectivity index (χ2v) is 6.69. The van der Waals surface area contributed by atoms with Gasteiger partial charge in [-0.1, -0.05) is 18.1 Å². The Balaban J connectivity index is 1.58. The lowest BCUT2D eigenvalue weighted by Gasteiger charge is -2.31. The summed E-state index contributed by atoms with van der Waals surface area (Å²) in [5.74, 6) is 0.906. The third kappa shape index (κ3) is 3.76. The Hall–Kier alpha value is -2.70. The third-order valence-electron chi connectivity index (χ3n) is 4.80. The molecule has 0 saturated carbocycles. The van der Waals surface area contributed by atoms with Crippen LogP contribution in [-0.4, -0.2) is 39.9 Å². The van der Waals surface area contributed by atoms with Crippen molar-refractivity contribution in [2.75, 3.05) is 18.4 Å². The predicted molar refractivity (Wildman–Crippen MR) is 96.8 cm³/mol. The molecule has 1 fully saturated rings. The van der Waals surface area contributed by atoms with Crippen LogP contribution in [0, 0.1) is 19.8 Å². The fraction of sp³-hybridized carbons (Fsp3) is 0.474. The second-order valence-electron chi connectivity index (χ2n) is 6.69. The number of aryl methyl sites for hydroxylation is 3. The molecule has 1 aliphatic rings. The van der Waals surface area contributed by atoms with Gasteiger partial charge in [0.05, 0.1) is 5.69 Å². The van der Waals surface area contributed by atoms with Crippen LogP contribution in [0.5, 0.6) is 0 Å². The van der Waals surface area contributed by atoms with E-state index in [4.69, 9.17) is 4.52 Å². The molecular formula is C19H24N4O3. The van der Waals surface area contributed by atoms with Gasteiger partial charge in [-0.3, -0.25) is 9.59 Å². The van der Waals surface area contributed by atoms with Crippen molar-refractivity contribution >= 4 is 17.6 Å². The quantitative estimate of drug-likeness (QED) is 0.910. The fourth-order valence-corrected chi connectivity index (χ4v) is 3.21. The molecule has 138 valence electrons. The number of pyridine rings is 1. The molecule has 0 radical (unpaired) electrons. The molecule has 2 aromatic rings. The van der Waals surface area contributed by atoms with Gasteiger partial charge < -0.3 is 14.7 Å². The van der Waals surface area contributed by atoms with Gasteiger partial charge in [0.25, 0.3) is 5.91 Å². The Kier molecular flexibility index (Phi) is 5.35. The molecular weight excluding hydrogens is 332 g/mol. The molecule has 0 unspecified atom stereocenters. The van der Waals surface area contributed by atoms with Gasteiger partial charge in [0.1, 0.15) is 17.1 Å². The van der Waals surface area contributed by atoms with Crippen LogP contribution >= 0.6 is 0 Å². The summed E-state index contributed by atoms with van der Waals surface area (Å²) in [6, 6.07) is 3.71. The lowest BCUT2D eigenvalue weighted by molar-refractivity contribution is -0.121. The maximum atomic E-state index is 12.8. The molecule has 0 bridgehead atoms. The average molecular weight is 356 g/mol. The summed E-state index contributed by atoms with van der Waals surface area (Å²) in [7, 11) is 0. The Labute approximate surface area is 152 Å². The first-order valence-corrected chi connectivity index (χ1v) is 8.97. The van der Waals surface area contributed by atoms with Crippen molar-refractivity contribution in [3.63, 3.8) is 0 Å². The van der Waals surface area contributed by atoms with Gasteiger partial charge in [0.15, 0.2) is 0 Å². The first-order valence-electron chi connectivity index (χ1n) is 8.97. The summed E-state index contributed by atoms with van der Waals surface area (Å²) in [6.07, 6.45) is 3.65. The zero-order valence-corrected chi connectivity index (χ0v) is 15.4. The molecule has 7 nitrogen and oxygen atoms in total. The molecule has 0 atom stereocenters. The van der Waals surface area contributed by atoms with Crippen LogP contribution in [0.25, 0.3) is 0 Å². The van der Waals surface area contributed by atoms with Crippen molar-refractivity contribution < 1.29 is 14.1 Å². The maximum Gasteiger partial charge on any atom is 0.259 e. The number of aromatic nitrogens is 2. The number of hydrogen-bond acceptors (Lipinski definition) is 5. The van der Waals surface area contributed by atoms with Gasteiger partial charge in [-0.2, -0.15) is 0 Å². The molecule has 3 rings (SSSR count). The standard InChI is InChI=1S/C19H24N4O3/c1-4-15-17(13(3)26-22-15)19(25)23-9-7-14(8-10-23)18(24)21-16-6-5-12(2)11-20-16/h5-6,11,14H,4,7-10H2,1-3H3,(H,20,21,24). The van der Waals surface area contributed by atoms with Gasteiger partial charge in [-0.05, 0) is 44.7 Å². The summed E-state index contributed by atoms with van der Waals surface area (Å²) in [6.45, 7) is 6.75. The molecule has 7 heteroatoms. The molecule has 0 aliphatic carbocycles. The Morgan fingerprint density at radius 3 is 2.62 bits per heavy atom. The summed E-state index contributed by atoms with van der Waals surface area (Å²) in [4.78, 5) is 31.2. The molecule has 26 heavy (non-hydrogen) atoms. The topological polar surface area (TPSA) is 88.3 Å². The van der Waals surface area contributed by atoms with E-state index in [1.54, 1.807) is 24.1 Å². The number of nitrogens with zero attached hydrogens (tertiary/aromatic N) is 3. The number of hydrogen-bond donors (Lipinski definition) is 1. The van der Waals surface area contributed by atoms with Crippen molar-refractivity contribution in [2.45, 2.75) is 40.0 Å². The molecule has 2 amide bonds. The van der Waals surface area contributed by atoms with E-state index in [0.717, 1.165) is 5.56 Å². The molecule has 0 aromatic carbocycles. The van der Waals surface area contributed by atoms with Crippen molar-refractivity contribution in [2.24, 2.45) is 5.92 Å². The smallest absolute Gasteiger partial charge is 0.259 e. The Morgan fingerprint density at radius 1 is 1.27 bits per heavy atom. The molecule has 0 spiro atoms. The second kappa shape index (κ2) is 7.68. The highest BCUT2D eigenvalue weighted by Gasteiger charge is 2.30. The van der Waals surface area contributed by atoms with E-state index in [1.807, 2.05) is 19.9 Å². The fourth-order valence-electron chi connectivity index (χ4n) is 3.21. The van der Waals surface area contributed by atoms with Crippen LogP contribution in [0.2, 0.25) is 0 Å². The first-order chi connectivity index (χ1) is 12.5. The van der Waals surface area contributed by atoms with Crippen molar-refractivity contribution in [1.82, 2.24) is 15.0 Å². The number of amides is 2. The normalized spacial score (nSPS) is 15.1. The highest BCUT2D eigenvalue weighted by molar-refractivity contribution is 5.96. The Morgan fingerprint density at radius 2 is 2.00 bits per heavy atom. The zero-order valence-electron chi connectivity index (χ0n) is 15.4. The van der Waals surface area contributed by atoms with E-state index in [2.05, 4.69) is 15.5 Å². The van der Waals surface area contributed by atoms with Gasteiger partial charge in [-0.15, -0.1) is 0 Å². The summed E-state index contributed by atoms with van der Waals surface area (Å²) in [5.41, 5.74) is 2.31. The van der Waals surface area contributed by atoms with Crippen molar-refractivity contribution in [1.29, 1.82) is 0 Å². The van der Waals surface area contributed by atoms with Crippen LogP contribution in [0.1, 0.15) is 47.1 Å². The molecule has 1 N–H and O–H groups in total. The highest BCUT2D eigenvalue weighted by atomic mass is 16.5. The summed E-state index contributed by atoms with van der Waals surface area (Å²) >= 11 is 0. The van der Waals surface area contributed by atoms with Crippen LogP contribution in [0.4, 0.5) is 5.82 Å². The molecule has 1 saturated heterocycles. The Bertz CT molecular complexity index is 790. The van der Waals surface area contributed by atoms with Gasteiger partial charge in [0.2, 0.25) is 5.91 Å². The number of nitrogens with one attached hydrogen (secondary N) is 1. The van der Waals surface area contributed by atoms with Crippen molar-refractivity contribution in [3.8, 4) is 0 Å². The number of rotatable bonds is 4. The highest BCUT2D eigenvalue weighted by Crippen LogP contribution is 2.23. The number of piperidine rings is 1. The average Bonchev–Trinajstić information content (AvgIpc) is 3.03. The first kappa shape index (κ1) is 18.1. The van der Waals surface area contributed by atoms with Crippen molar-refractivity contribution in [3.05, 3.63) is 40.9 Å². The van der Waals surface area contributed by atoms with Gasteiger partial charge in [-0.25, -0.2) is 4.98 Å². The van der Waals surface area contributed by atoms with E-state index >= 15 is 0 Å². The van der Waals surface area contributed by atoms with E-state index in [0.29, 0.717) is 55.2 Å². The predicted octanol–water partition coefficient (Wildman–Crippen LogP) is 2.74. The minimum Gasteiger partial charge on any atom is -0.361 e. The van der Waals surface area contributed by atoms with Crippen LogP contribution < -0.4 is 5.32 Å². The van der Waals surface area contributed by atoms with E-state index in [9.17, 15) is 9.59 Å². The number of carbonyl (C=O) groups is 2. The lowest BCUT2D eigenvalue weighted by atomic mass is 9.95. The largest absolute Gasteiger partial charge is 0.361 e. The zero-order chi connectivity index (χ0) is 18.7. The maximum absolute atomic E-state index is 12.8. The number of carbonyl (C=O) groups excluding carboxylic acids is 2. The molecule has 2 aromatic heterocycles. The molecule has 3 heterocycles. The van der Waals surface area contributed by atoms with Gasteiger partial charge in [0, 0.05) is 25.2 Å². The monoisotopic (exact) mass is 356 g/mol.